The number of amides is 1. The number of nitrogens with one attached hydrogen (secondary N) is 1. The van der Waals surface area contributed by atoms with Crippen molar-refractivity contribution in [1.82, 2.24) is 20.1 Å². The fourth-order valence-corrected chi connectivity index (χ4v) is 2.97. The molecule has 7 heteroatoms. The molecule has 1 aliphatic heterocycles. The summed E-state index contributed by atoms with van der Waals surface area (Å²) >= 11 is 0. The van der Waals surface area contributed by atoms with Crippen molar-refractivity contribution in [3.05, 3.63) is 41.3 Å². The number of aromatic nitrogens is 3. The highest BCUT2D eigenvalue weighted by Crippen LogP contribution is 2.18. The average Bonchev–Trinajstić information content (AvgIpc) is 2.94. The fourth-order valence-electron chi connectivity index (χ4n) is 2.97. The van der Waals surface area contributed by atoms with E-state index in [1.165, 1.54) is 0 Å². The van der Waals surface area contributed by atoms with E-state index in [0.29, 0.717) is 11.3 Å². The Bertz CT molecular complexity index is 765. The Morgan fingerprint density at radius 3 is 2.67 bits per heavy atom. The van der Waals surface area contributed by atoms with Crippen LogP contribution in [-0.4, -0.2) is 39.8 Å². The highest BCUT2D eigenvalue weighted by molar-refractivity contribution is 5.92. The van der Waals surface area contributed by atoms with Gasteiger partial charge in [-0.05, 0) is 38.0 Å². The molecule has 1 amide bonds. The van der Waals surface area contributed by atoms with E-state index in [1.54, 1.807) is 30.1 Å². The first-order valence-electron chi connectivity index (χ1n) is 7.99. The molecule has 124 valence electrons. The maximum atomic E-state index is 12.3. The Balaban J connectivity index is 1.56. The summed E-state index contributed by atoms with van der Waals surface area (Å²) in [4.78, 5) is 18.8. The van der Waals surface area contributed by atoms with Gasteiger partial charge in [0.1, 0.15) is 17.6 Å². The molecule has 1 fully saturated rings. The Morgan fingerprint density at radius 2 is 2.12 bits per heavy atom. The summed E-state index contributed by atoms with van der Waals surface area (Å²) in [7, 11) is 1.78. The Labute approximate surface area is 140 Å². The van der Waals surface area contributed by atoms with Crippen LogP contribution in [0.3, 0.4) is 0 Å². The van der Waals surface area contributed by atoms with E-state index in [2.05, 4.69) is 26.4 Å². The topological polar surface area (TPSA) is 86.8 Å². The van der Waals surface area contributed by atoms with Crippen molar-refractivity contribution >= 4 is 11.7 Å². The lowest BCUT2D eigenvalue weighted by molar-refractivity contribution is 0.0921. The first-order valence-corrected chi connectivity index (χ1v) is 7.99. The summed E-state index contributed by atoms with van der Waals surface area (Å²) < 4.78 is 1.61. The lowest BCUT2D eigenvalue weighted by atomic mass is 10.0. The molecule has 0 atom stereocenters. The largest absolute Gasteiger partial charge is 0.356 e. The molecular formula is C17H20N6O. The van der Waals surface area contributed by atoms with Crippen LogP contribution in [0.1, 0.15) is 34.6 Å². The zero-order chi connectivity index (χ0) is 17.1. The van der Waals surface area contributed by atoms with Gasteiger partial charge in [0, 0.05) is 32.4 Å². The fraction of sp³-hybridized carbons (Fsp3) is 0.412. The van der Waals surface area contributed by atoms with Crippen LogP contribution in [0.4, 0.5) is 5.82 Å². The van der Waals surface area contributed by atoms with Crippen LogP contribution in [0.2, 0.25) is 0 Å². The number of carbonyl (C=O) groups is 1. The van der Waals surface area contributed by atoms with Crippen LogP contribution in [0.15, 0.2) is 24.4 Å². The van der Waals surface area contributed by atoms with Crippen molar-refractivity contribution in [2.45, 2.75) is 25.8 Å². The highest BCUT2D eigenvalue weighted by Gasteiger charge is 2.23. The molecule has 3 heterocycles. The minimum Gasteiger partial charge on any atom is -0.356 e. The summed E-state index contributed by atoms with van der Waals surface area (Å²) in [6.07, 6.45) is 3.32. The number of piperidine rings is 1. The number of rotatable bonds is 3. The third kappa shape index (κ3) is 3.38. The van der Waals surface area contributed by atoms with E-state index >= 15 is 0 Å². The normalized spacial score (nSPS) is 15.1. The zero-order valence-corrected chi connectivity index (χ0v) is 13.9. The van der Waals surface area contributed by atoms with Crippen LogP contribution in [0.25, 0.3) is 0 Å². The van der Waals surface area contributed by atoms with Gasteiger partial charge in [0.05, 0.1) is 11.3 Å². The molecule has 1 saturated heterocycles. The van der Waals surface area contributed by atoms with E-state index in [1.807, 2.05) is 13.0 Å². The van der Waals surface area contributed by atoms with Crippen molar-refractivity contribution in [2.24, 2.45) is 7.05 Å². The Kier molecular flexibility index (Phi) is 4.47. The van der Waals surface area contributed by atoms with Crippen LogP contribution < -0.4 is 10.2 Å². The smallest absolute Gasteiger partial charge is 0.269 e. The lowest BCUT2D eigenvalue weighted by Gasteiger charge is -2.33. The SMILES string of the molecule is Cc1cc(C(=O)NC2CCN(c3ccc(C#N)cn3)CC2)n(C)n1. The molecule has 0 radical (unpaired) electrons. The van der Waals surface area contributed by atoms with Gasteiger partial charge in [-0.2, -0.15) is 10.4 Å². The number of pyridine rings is 1. The Morgan fingerprint density at radius 1 is 1.38 bits per heavy atom. The highest BCUT2D eigenvalue weighted by atomic mass is 16.2. The quantitative estimate of drug-likeness (QED) is 0.922. The van der Waals surface area contributed by atoms with E-state index in [-0.39, 0.29) is 11.9 Å². The number of nitrogens with zero attached hydrogens (tertiary/aromatic N) is 5. The van der Waals surface area contributed by atoms with Gasteiger partial charge < -0.3 is 10.2 Å². The van der Waals surface area contributed by atoms with Gasteiger partial charge in [0.2, 0.25) is 0 Å². The standard InChI is InChI=1S/C17H20N6O/c1-12-9-15(22(2)21-12)17(24)20-14-5-7-23(8-6-14)16-4-3-13(10-18)11-19-16/h3-4,9,11,14H,5-8H2,1-2H3,(H,20,24). The van der Waals surface area contributed by atoms with Gasteiger partial charge in [0.25, 0.3) is 5.91 Å². The molecule has 2 aromatic rings. The summed E-state index contributed by atoms with van der Waals surface area (Å²) in [5, 5.41) is 16.1. The average molecular weight is 324 g/mol. The molecule has 1 aliphatic rings. The van der Waals surface area contributed by atoms with E-state index in [9.17, 15) is 4.79 Å². The van der Waals surface area contributed by atoms with Gasteiger partial charge in [-0.1, -0.05) is 0 Å². The lowest BCUT2D eigenvalue weighted by Crippen LogP contribution is -2.45. The maximum Gasteiger partial charge on any atom is 0.269 e. The van der Waals surface area contributed by atoms with Crippen molar-refractivity contribution in [2.75, 3.05) is 18.0 Å². The summed E-state index contributed by atoms with van der Waals surface area (Å²) in [5.41, 5.74) is 1.99. The third-order valence-electron chi connectivity index (χ3n) is 4.27. The Hall–Kier alpha value is -2.88. The molecule has 7 nitrogen and oxygen atoms in total. The van der Waals surface area contributed by atoms with Crippen LogP contribution in [-0.2, 0) is 7.05 Å². The number of aryl methyl sites for hydroxylation is 2. The van der Waals surface area contributed by atoms with Crippen LogP contribution in [0.5, 0.6) is 0 Å². The second-order valence-corrected chi connectivity index (χ2v) is 6.05. The monoisotopic (exact) mass is 324 g/mol. The first kappa shape index (κ1) is 16.0. The molecule has 0 bridgehead atoms. The zero-order valence-electron chi connectivity index (χ0n) is 13.9. The minimum absolute atomic E-state index is 0.0759. The second-order valence-electron chi connectivity index (χ2n) is 6.05. The minimum atomic E-state index is -0.0759. The van der Waals surface area contributed by atoms with Gasteiger partial charge in [-0.15, -0.1) is 0 Å². The van der Waals surface area contributed by atoms with Crippen molar-refractivity contribution in [3.63, 3.8) is 0 Å². The number of carbonyl (C=O) groups excluding carboxylic acids is 1. The predicted molar refractivity (Wildman–Crippen MR) is 89.6 cm³/mol. The first-order chi connectivity index (χ1) is 11.6. The molecule has 24 heavy (non-hydrogen) atoms. The van der Waals surface area contributed by atoms with Gasteiger partial charge in [-0.25, -0.2) is 4.98 Å². The van der Waals surface area contributed by atoms with Gasteiger partial charge >= 0.3 is 0 Å². The predicted octanol–water partition coefficient (Wildman–Crippen LogP) is 1.39. The van der Waals surface area contributed by atoms with Gasteiger partial charge in [0.15, 0.2) is 0 Å². The van der Waals surface area contributed by atoms with E-state index in [4.69, 9.17) is 5.26 Å². The molecule has 3 rings (SSSR count). The molecule has 0 aliphatic carbocycles. The number of nitriles is 1. The summed E-state index contributed by atoms with van der Waals surface area (Å²) in [6, 6.07) is 7.67. The van der Waals surface area contributed by atoms with E-state index in [0.717, 1.165) is 37.4 Å². The van der Waals surface area contributed by atoms with Crippen molar-refractivity contribution in [1.29, 1.82) is 5.26 Å². The number of hydrogen-bond donors (Lipinski definition) is 1. The summed E-state index contributed by atoms with van der Waals surface area (Å²) in [6.45, 7) is 3.53. The number of anilines is 1. The molecule has 0 aromatic carbocycles. The maximum absolute atomic E-state index is 12.3. The van der Waals surface area contributed by atoms with Crippen molar-refractivity contribution in [3.8, 4) is 6.07 Å². The van der Waals surface area contributed by atoms with Crippen LogP contribution >= 0.6 is 0 Å². The molecule has 0 unspecified atom stereocenters. The van der Waals surface area contributed by atoms with Gasteiger partial charge in [-0.3, -0.25) is 9.48 Å². The molecule has 0 spiro atoms. The molecule has 2 aromatic heterocycles. The number of hydrogen-bond acceptors (Lipinski definition) is 5. The van der Waals surface area contributed by atoms with E-state index < -0.39 is 0 Å². The molecule has 0 saturated carbocycles. The van der Waals surface area contributed by atoms with Crippen LogP contribution in [0, 0.1) is 18.3 Å². The molecule has 1 N–H and O–H groups in total. The third-order valence-corrected chi connectivity index (χ3v) is 4.27. The summed E-state index contributed by atoms with van der Waals surface area (Å²) in [5.74, 6) is 0.800. The second kappa shape index (κ2) is 6.71. The van der Waals surface area contributed by atoms with Crippen molar-refractivity contribution < 1.29 is 4.79 Å². The molecular weight excluding hydrogens is 304 g/mol.